The summed E-state index contributed by atoms with van der Waals surface area (Å²) >= 11 is 3.53. The number of nitrogens with one attached hydrogen (secondary N) is 1. The maximum absolute atomic E-state index is 3.53. The number of aromatic nitrogens is 1. The summed E-state index contributed by atoms with van der Waals surface area (Å²) in [4.78, 5) is 3.51. The lowest BCUT2D eigenvalue weighted by Gasteiger charge is -1.99. The van der Waals surface area contributed by atoms with E-state index in [4.69, 9.17) is 0 Å². The van der Waals surface area contributed by atoms with E-state index in [2.05, 4.69) is 46.0 Å². The van der Waals surface area contributed by atoms with Crippen LogP contribution in [-0.2, 0) is 12.8 Å². The Morgan fingerprint density at radius 2 is 2.21 bits per heavy atom. The van der Waals surface area contributed by atoms with E-state index >= 15 is 0 Å². The standard InChI is InChI=1S/C12H12BrN/c1-7-4-9-10-6-8(13)2-3-11(10)14-12(9)5-7/h2-3,6-7,14H,4-5H2,1H3/t7-/m0/s1. The SMILES string of the molecule is C[C@@H]1Cc2[nH]c3ccc(Br)cc3c2C1. The first-order chi connectivity index (χ1) is 6.74. The summed E-state index contributed by atoms with van der Waals surface area (Å²) in [5.74, 6) is 0.805. The number of hydrogen-bond donors (Lipinski definition) is 1. The topological polar surface area (TPSA) is 15.8 Å². The molecule has 1 N–H and O–H groups in total. The highest BCUT2D eigenvalue weighted by molar-refractivity contribution is 9.10. The third kappa shape index (κ3) is 1.13. The summed E-state index contributed by atoms with van der Waals surface area (Å²) in [6, 6.07) is 6.47. The van der Waals surface area contributed by atoms with Crippen molar-refractivity contribution in [1.82, 2.24) is 4.98 Å². The second kappa shape index (κ2) is 2.86. The van der Waals surface area contributed by atoms with Gasteiger partial charge >= 0.3 is 0 Å². The van der Waals surface area contributed by atoms with E-state index in [-0.39, 0.29) is 0 Å². The number of aromatic amines is 1. The Balaban J connectivity index is 2.30. The molecule has 1 aliphatic carbocycles. The Bertz CT molecular complexity index is 498. The molecular weight excluding hydrogens is 238 g/mol. The predicted molar refractivity (Wildman–Crippen MR) is 62.6 cm³/mol. The summed E-state index contributed by atoms with van der Waals surface area (Å²) < 4.78 is 1.17. The van der Waals surface area contributed by atoms with E-state index in [0.717, 1.165) is 5.92 Å². The van der Waals surface area contributed by atoms with E-state index in [1.807, 2.05) is 0 Å². The zero-order valence-corrected chi connectivity index (χ0v) is 9.69. The van der Waals surface area contributed by atoms with Crippen molar-refractivity contribution in [3.05, 3.63) is 33.9 Å². The summed E-state index contributed by atoms with van der Waals surface area (Å²) in [6.07, 6.45) is 2.44. The third-order valence-electron chi connectivity index (χ3n) is 3.06. The second-order valence-electron chi connectivity index (χ2n) is 4.29. The highest BCUT2D eigenvalue weighted by atomic mass is 79.9. The van der Waals surface area contributed by atoms with Crippen molar-refractivity contribution in [3.63, 3.8) is 0 Å². The van der Waals surface area contributed by atoms with Crippen molar-refractivity contribution in [1.29, 1.82) is 0 Å². The van der Waals surface area contributed by atoms with Crippen molar-refractivity contribution in [3.8, 4) is 0 Å². The molecule has 0 saturated heterocycles. The minimum atomic E-state index is 0.805. The Kier molecular flexibility index (Phi) is 1.75. The lowest BCUT2D eigenvalue weighted by atomic mass is 10.1. The lowest BCUT2D eigenvalue weighted by Crippen LogP contribution is -1.92. The molecule has 14 heavy (non-hydrogen) atoms. The smallest absolute Gasteiger partial charge is 0.0459 e. The van der Waals surface area contributed by atoms with E-state index in [1.54, 1.807) is 0 Å². The molecule has 0 unspecified atom stereocenters. The van der Waals surface area contributed by atoms with Crippen molar-refractivity contribution >= 4 is 26.8 Å². The van der Waals surface area contributed by atoms with Crippen LogP contribution in [-0.4, -0.2) is 4.98 Å². The van der Waals surface area contributed by atoms with Gasteiger partial charge in [0.2, 0.25) is 0 Å². The van der Waals surface area contributed by atoms with Gasteiger partial charge in [-0.1, -0.05) is 22.9 Å². The van der Waals surface area contributed by atoms with Crippen LogP contribution >= 0.6 is 15.9 Å². The predicted octanol–water partition coefficient (Wildman–Crippen LogP) is 3.67. The Morgan fingerprint density at radius 1 is 1.36 bits per heavy atom. The first-order valence-corrected chi connectivity index (χ1v) is 5.82. The Labute approximate surface area is 91.6 Å². The van der Waals surface area contributed by atoms with Crippen molar-refractivity contribution in [2.45, 2.75) is 19.8 Å². The summed E-state index contributed by atoms with van der Waals surface area (Å²) in [6.45, 7) is 2.32. The van der Waals surface area contributed by atoms with Gasteiger partial charge in [0.15, 0.2) is 0 Å². The fraction of sp³-hybridized carbons (Fsp3) is 0.333. The first-order valence-electron chi connectivity index (χ1n) is 5.03. The minimum Gasteiger partial charge on any atom is -0.358 e. The van der Waals surface area contributed by atoms with Gasteiger partial charge < -0.3 is 4.98 Å². The monoisotopic (exact) mass is 249 g/mol. The molecule has 2 heteroatoms. The first kappa shape index (κ1) is 8.54. The van der Waals surface area contributed by atoms with Gasteiger partial charge in [-0.3, -0.25) is 0 Å². The van der Waals surface area contributed by atoms with E-state index in [1.165, 1.54) is 39.5 Å². The van der Waals surface area contributed by atoms with Crippen LogP contribution in [0, 0.1) is 5.92 Å². The molecule has 0 aliphatic heterocycles. The van der Waals surface area contributed by atoms with Crippen LogP contribution in [0.25, 0.3) is 10.9 Å². The van der Waals surface area contributed by atoms with Gasteiger partial charge in [0, 0.05) is 21.1 Å². The second-order valence-corrected chi connectivity index (χ2v) is 5.20. The van der Waals surface area contributed by atoms with Gasteiger partial charge in [0.1, 0.15) is 0 Å². The molecule has 72 valence electrons. The highest BCUT2D eigenvalue weighted by Crippen LogP contribution is 2.33. The molecule has 0 fully saturated rings. The Morgan fingerprint density at radius 3 is 3.07 bits per heavy atom. The number of fused-ring (bicyclic) bond motifs is 3. The van der Waals surface area contributed by atoms with E-state index < -0.39 is 0 Å². The molecule has 1 atom stereocenters. The molecular formula is C12H12BrN. The molecule has 2 aromatic rings. The molecule has 0 radical (unpaired) electrons. The minimum absolute atomic E-state index is 0.805. The van der Waals surface area contributed by atoms with Gasteiger partial charge in [-0.2, -0.15) is 0 Å². The number of halogens is 1. The normalized spacial score (nSPS) is 20.3. The third-order valence-corrected chi connectivity index (χ3v) is 3.55. The molecule has 1 aliphatic rings. The molecule has 1 nitrogen and oxygen atoms in total. The average molecular weight is 250 g/mol. The van der Waals surface area contributed by atoms with Crippen molar-refractivity contribution in [2.75, 3.05) is 0 Å². The van der Waals surface area contributed by atoms with Gasteiger partial charge in [-0.15, -0.1) is 0 Å². The van der Waals surface area contributed by atoms with Gasteiger partial charge in [0.05, 0.1) is 0 Å². The number of hydrogen-bond acceptors (Lipinski definition) is 0. The number of rotatable bonds is 0. The maximum atomic E-state index is 3.53. The fourth-order valence-electron chi connectivity index (χ4n) is 2.45. The average Bonchev–Trinajstić information content (AvgIpc) is 2.62. The van der Waals surface area contributed by atoms with Gasteiger partial charge in [-0.25, -0.2) is 0 Å². The fourth-order valence-corrected chi connectivity index (χ4v) is 2.81. The van der Waals surface area contributed by atoms with Crippen LogP contribution in [0.3, 0.4) is 0 Å². The molecule has 0 bridgehead atoms. The molecule has 0 saturated carbocycles. The van der Waals surface area contributed by atoms with Gasteiger partial charge in [-0.05, 0) is 42.5 Å². The number of benzene rings is 1. The molecule has 0 amide bonds. The van der Waals surface area contributed by atoms with Gasteiger partial charge in [0.25, 0.3) is 0 Å². The molecule has 1 aromatic carbocycles. The van der Waals surface area contributed by atoms with Crippen LogP contribution in [0.15, 0.2) is 22.7 Å². The summed E-state index contributed by atoms with van der Waals surface area (Å²) in [5, 5.41) is 1.40. The molecule has 0 spiro atoms. The summed E-state index contributed by atoms with van der Waals surface area (Å²) in [5.41, 5.74) is 4.27. The van der Waals surface area contributed by atoms with Crippen LogP contribution in [0.4, 0.5) is 0 Å². The lowest BCUT2D eigenvalue weighted by molar-refractivity contribution is 0.623. The summed E-state index contributed by atoms with van der Waals surface area (Å²) in [7, 11) is 0. The quantitative estimate of drug-likeness (QED) is 0.734. The largest absolute Gasteiger partial charge is 0.358 e. The van der Waals surface area contributed by atoms with Crippen LogP contribution in [0.1, 0.15) is 18.2 Å². The molecule has 1 heterocycles. The highest BCUT2D eigenvalue weighted by Gasteiger charge is 2.21. The molecule has 1 aromatic heterocycles. The number of H-pyrrole nitrogens is 1. The van der Waals surface area contributed by atoms with Crippen molar-refractivity contribution < 1.29 is 0 Å². The van der Waals surface area contributed by atoms with Crippen LogP contribution in [0.5, 0.6) is 0 Å². The maximum Gasteiger partial charge on any atom is 0.0459 e. The van der Waals surface area contributed by atoms with E-state index in [9.17, 15) is 0 Å². The van der Waals surface area contributed by atoms with Crippen LogP contribution in [0.2, 0.25) is 0 Å². The zero-order chi connectivity index (χ0) is 9.71. The van der Waals surface area contributed by atoms with Crippen molar-refractivity contribution in [2.24, 2.45) is 5.92 Å². The Hall–Kier alpha value is -0.760. The van der Waals surface area contributed by atoms with Crippen LogP contribution < -0.4 is 0 Å². The zero-order valence-electron chi connectivity index (χ0n) is 8.10. The van der Waals surface area contributed by atoms with E-state index in [0.29, 0.717) is 0 Å². The molecule has 3 rings (SSSR count).